The number of rotatable bonds is 3. The molecule has 0 aromatic heterocycles. The van der Waals surface area contributed by atoms with Crippen molar-refractivity contribution in [3.05, 3.63) is 34.6 Å². The smallest absolute Gasteiger partial charge is 0.142 e. The molecule has 1 fully saturated rings. The lowest BCUT2D eigenvalue weighted by atomic mass is 10.1. The molecule has 0 spiro atoms. The van der Waals surface area contributed by atoms with E-state index < -0.39 is 0 Å². The minimum absolute atomic E-state index is 0.224. The molecule has 1 aliphatic heterocycles. The van der Waals surface area contributed by atoms with E-state index in [1.54, 1.807) is 6.07 Å². The quantitative estimate of drug-likeness (QED) is 0.882. The topological polar surface area (TPSA) is 21.3 Å². The molecule has 0 radical (unpaired) electrons. The van der Waals surface area contributed by atoms with Crippen molar-refractivity contribution in [3.8, 4) is 0 Å². The lowest BCUT2D eigenvalue weighted by Crippen LogP contribution is -2.34. The van der Waals surface area contributed by atoms with Gasteiger partial charge in [-0.25, -0.2) is 4.39 Å². The summed E-state index contributed by atoms with van der Waals surface area (Å²) in [5.41, 5.74) is 0.813. The average Bonchev–Trinajstić information content (AvgIpc) is 2.32. The summed E-state index contributed by atoms with van der Waals surface area (Å²) in [7, 11) is 0. The van der Waals surface area contributed by atoms with Crippen molar-refractivity contribution in [3.63, 3.8) is 0 Å². The van der Waals surface area contributed by atoms with Crippen LogP contribution in [0, 0.1) is 5.82 Å². The summed E-state index contributed by atoms with van der Waals surface area (Å²) >= 11 is 5.87. The maximum absolute atomic E-state index is 13.2. The molecule has 0 aliphatic carbocycles. The average molecular weight is 244 g/mol. The summed E-state index contributed by atoms with van der Waals surface area (Å²) in [4.78, 5) is 0. The van der Waals surface area contributed by atoms with Gasteiger partial charge in [-0.2, -0.15) is 0 Å². The van der Waals surface area contributed by atoms with Gasteiger partial charge < -0.3 is 10.1 Å². The highest BCUT2D eigenvalue weighted by Gasteiger charge is 2.13. The number of halogens is 2. The van der Waals surface area contributed by atoms with Crippen LogP contribution in [-0.4, -0.2) is 19.3 Å². The largest absolute Gasteiger partial charge is 0.381 e. The SMILES string of the molecule is Fc1cccc(CNC2CCOCC2)c1Cl. The summed E-state index contributed by atoms with van der Waals surface area (Å²) in [6.45, 7) is 2.21. The summed E-state index contributed by atoms with van der Waals surface area (Å²) in [5, 5.41) is 3.60. The van der Waals surface area contributed by atoms with Gasteiger partial charge in [0.25, 0.3) is 0 Å². The van der Waals surface area contributed by atoms with Gasteiger partial charge in [0.15, 0.2) is 0 Å². The zero-order chi connectivity index (χ0) is 11.4. The minimum Gasteiger partial charge on any atom is -0.381 e. The van der Waals surface area contributed by atoms with Crippen LogP contribution in [0.4, 0.5) is 4.39 Å². The van der Waals surface area contributed by atoms with Crippen LogP contribution in [0.15, 0.2) is 18.2 Å². The summed E-state index contributed by atoms with van der Waals surface area (Å²) in [5.74, 6) is -0.354. The van der Waals surface area contributed by atoms with Crippen LogP contribution in [0.1, 0.15) is 18.4 Å². The van der Waals surface area contributed by atoms with Gasteiger partial charge in [-0.15, -0.1) is 0 Å². The Hall–Kier alpha value is -0.640. The maximum Gasteiger partial charge on any atom is 0.142 e. The molecule has 0 saturated carbocycles. The molecule has 1 saturated heterocycles. The Kier molecular flexibility index (Phi) is 4.16. The Morgan fingerprint density at radius 2 is 2.12 bits per heavy atom. The molecule has 0 amide bonds. The monoisotopic (exact) mass is 243 g/mol. The molecule has 1 aromatic rings. The van der Waals surface area contributed by atoms with Crippen molar-refractivity contribution in [2.45, 2.75) is 25.4 Å². The fourth-order valence-electron chi connectivity index (χ4n) is 1.84. The number of hydrogen-bond acceptors (Lipinski definition) is 2. The number of hydrogen-bond donors (Lipinski definition) is 1. The van der Waals surface area contributed by atoms with E-state index in [-0.39, 0.29) is 10.8 Å². The van der Waals surface area contributed by atoms with Crippen molar-refractivity contribution < 1.29 is 9.13 Å². The highest BCUT2D eigenvalue weighted by atomic mass is 35.5. The fraction of sp³-hybridized carbons (Fsp3) is 0.500. The molecule has 4 heteroatoms. The molecule has 0 atom stereocenters. The van der Waals surface area contributed by atoms with Crippen LogP contribution in [0.3, 0.4) is 0 Å². The van der Waals surface area contributed by atoms with Crippen molar-refractivity contribution in [2.24, 2.45) is 0 Å². The van der Waals surface area contributed by atoms with Crippen LogP contribution in [0.25, 0.3) is 0 Å². The van der Waals surface area contributed by atoms with Crippen LogP contribution < -0.4 is 5.32 Å². The van der Waals surface area contributed by atoms with Crippen LogP contribution in [0.5, 0.6) is 0 Å². The van der Waals surface area contributed by atoms with E-state index in [1.165, 1.54) is 6.07 Å². The molecule has 88 valence electrons. The first kappa shape index (κ1) is 11.8. The summed E-state index contributed by atoms with van der Waals surface area (Å²) in [6, 6.07) is 5.35. The van der Waals surface area contributed by atoms with E-state index in [4.69, 9.17) is 16.3 Å². The van der Waals surface area contributed by atoms with Crippen LogP contribution >= 0.6 is 11.6 Å². The predicted octanol–water partition coefficient (Wildman–Crippen LogP) is 2.75. The third-order valence-electron chi connectivity index (χ3n) is 2.83. The van der Waals surface area contributed by atoms with Gasteiger partial charge in [0, 0.05) is 25.8 Å². The van der Waals surface area contributed by atoms with Crippen molar-refractivity contribution in [1.29, 1.82) is 0 Å². The van der Waals surface area contributed by atoms with Crippen LogP contribution in [0.2, 0.25) is 5.02 Å². The highest BCUT2D eigenvalue weighted by Crippen LogP contribution is 2.19. The molecule has 0 unspecified atom stereocenters. The third-order valence-corrected chi connectivity index (χ3v) is 3.26. The van der Waals surface area contributed by atoms with Gasteiger partial charge in [0.1, 0.15) is 5.82 Å². The lowest BCUT2D eigenvalue weighted by Gasteiger charge is -2.23. The van der Waals surface area contributed by atoms with E-state index in [2.05, 4.69) is 5.32 Å². The fourth-order valence-corrected chi connectivity index (χ4v) is 2.03. The molecule has 1 aromatic carbocycles. The second-order valence-electron chi connectivity index (χ2n) is 3.98. The van der Waals surface area contributed by atoms with Crippen molar-refractivity contribution in [2.75, 3.05) is 13.2 Å². The number of ether oxygens (including phenoxy) is 1. The predicted molar refractivity (Wildman–Crippen MR) is 62.1 cm³/mol. The zero-order valence-electron chi connectivity index (χ0n) is 9.01. The molecule has 16 heavy (non-hydrogen) atoms. The second-order valence-corrected chi connectivity index (χ2v) is 4.36. The molecule has 2 rings (SSSR count). The Labute approximate surface area is 99.7 Å². The van der Waals surface area contributed by atoms with Crippen LogP contribution in [-0.2, 0) is 11.3 Å². The third kappa shape index (κ3) is 2.94. The van der Waals surface area contributed by atoms with E-state index in [0.717, 1.165) is 31.6 Å². The number of nitrogens with one attached hydrogen (secondary N) is 1. The standard InChI is InChI=1S/C12H15ClFNO/c13-12-9(2-1-3-11(12)14)8-15-10-4-6-16-7-5-10/h1-3,10,15H,4-8H2. The van der Waals surface area contributed by atoms with Gasteiger partial charge >= 0.3 is 0 Å². The number of benzene rings is 1. The Morgan fingerprint density at radius 3 is 2.88 bits per heavy atom. The minimum atomic E-state index is -0.354. The first-order chi connectivity index (χ1) is 7.77. The molecule has 0 bridgehead atoms. The van der Waals surface area contributed by atoms with Gasteiger partial charge in [-0.3, -0.25) is 0 Å². The molecule has 1 aliphatic rings. The first-order valence-electron chi connectivity index (χ1n) is 5.51. The Morgan fingerprint density at radius 1 is 1.38 bits per heavy atom. The van der Waals surface area contributed by atoms with Gasteiger partial charge in [0.2, 0.25) is 0 Å². The van der Waals surface area contributed by atoms with Crippen molar-refractivity contribution in [1.82, 2.24) is 5.32 Å². The second kappa shape index (κ2) is 5.62. The first-order valence-corrected chi connectivity index (χ1v) is 5.89. The normalized spacial score (nSPS) is 17.6. The van der Waals surface area contributed by atoms with Gasteiger partial charge in [-0.1, -0.05) is 23.7 Å². The molecular formula is C12H15ClFNO. The van der Waals surface area contributed by atoms with E-state index in [1.807, 2.05) is 6.07 Å². The lowest BCUT2D eigenvalue weighted by molar-refractivity contribution is 0.0776. The van der Waals surface area contributed by atoms with E-state index in [9.17, 15) is 4.39 Å². The van der Waals surface area contributed by atoms with Gasteiger partial charge in [0.05, 0.1) is 5.02 Å². The van der Waals surface area contributed by atoms with E-state index >= 15 is 0 Å². The van der Waals surface area contributed by atoms with E-state index in [0.29, 0.717) is 12.6 Å². The molecule has 2 nitrogen and oxygen atoms in total. The van der Waals surface area contributed by atoms with Gasteiger partial charge in [-0.05, 0) is 24.5 Å². The maximum atomic E-state index is 13.2. The summed E-state index contributed by atoms with van der Waals surface area (Å²) in [6.07, 6.45) is 2.01. The molecule has 1 heterocycles. The molecule has 1 N–H and O–H groups in total. The zero-order valence-corrected chi connectivity index (χ0v) is 9.77. The Bertz CT molecular complexity index is 353. The molecular weight excluding hydrogens is 229 g/mol. The van der Waals surface area contributed by atoms with Crippen molar-refractivity contribution >= 4 is 11.6 Å². The summed E-state index contributed by atoms with van der Waals surface area (Å²) < 4.78 is 18.4. The highest BCUT2D eigenvalue weighted by molar-refractivity contribution is 6.31. The Balaban J connectivity index is 1.91.